The molecule has 1 aromatic rings. The molecule has 1 atom stereocenters. The molecule has 0 saturated heterocycles. The number of carbonyl (C=O) groups is 1. The van der Waals surface area contributed by atoms with Gasteiger partial charge in [0.2, 0.25) is 0 Å². The Bertz CT molecular complexity index is 435. The SMILES string of the molecule is COc1cc(C(=O)N[C@H](C)C(C)C)cc(OC)c1Br. The van der Waals surface area contributed by atoms with Crippen LogP contribution >= 0.6 is 15.9 Å². The minimum absolute atomic E-state index is 0.105. The van der Waals surface area contributed by atoms with Crippen LogP contribution in [-0.4, -0.2) is 26.2 Å². The molecule has 0 heterocycles. The summed E-state index contributed by atoms with van der Waals surface area (Å²) in [7, 11) is 3.11. The highest BCUT2D eigenvalue weighted by atomic mass is 79.9. The van der Waals surface area contributed by atoms with Crippen molar-refractivity contribution in [3.63, 3.8) is 0 Å². The normalized spacial score (nSPS) is 12.2. The quantitative estimate of drug-likeness (QED) is 0.902. The highest BCUT2D eigenvalue weighted by Gasteiger charge is 2.17. The largest absolute Gasteiger partial charge is 0.495 e. The van der Waals surface area contributed by atoms with Gasteiger partial charge in [0.05, 0.1) is 14.2 Å². The Kier molecular flexibility index (Phi) is 5.66. The van der Waals surface area contributed by atoms with Crippen LogP contribution in [0.5, 0.6) is 11.5 Å². The zero-order valence-corrected chi connectivity index (χ0v) is 13.5. The van der Waals surface area contributed by atoms with E-state index in [0.717, 1.165) is 0 Å². The van der Waals surface area contributed by atoms with Gasteiger partial charge in [-0.2, -0.15) is 0 Å². The van der Waals surface area contributed by atoms with E-state index in [4.69, 9.17) is 9.47 Å². The lowest BCUT2D eigenvalue weighted by Crippen LogP contribution is -2.36. The Hall–Kier alpha value is -1.23. The fourth-order valence-corrected chi connectivity index (χ4v) is 2.01. The number of rotatable bonds is 5. The van der Waals surface area contributed by atoms with Crippen LogP contribution in [0.25, 0.3) is 0 Å². The topological polar surface area (TPSA) is 47.6 Å². The molecule has 106 valence electrons. The van der Waals surface area contributed by atoms with Crippen LogP contribution in [0, 0.1) is 5.92 Å². The van der Waals surface area contributed by atoms with E-state index in [0.29, 0.717) is 27.5 Å². The third kappa shape index (κ3) is 3.86. The van der Waals surface area contributed by atoms with Crippen LogP contribution in [0.2, 0.25) is 0 Å². The van der Waals surface area contributed by atoms with E-state index in [1.807, 2.05) is 6.92 Å². The maximum absolute atomic E-state index is 12.2. The molecule has 0 aliphatic heterocycles. The predicted octanol–water partition coefficient (Wildman–Crippen LogP) is 3.24. The molecule has 0 radical (unpaired) electrons. The molecule has 0 saturated carbocycles. The first kappa shape index (κ1) is 15.8. The molecule has 4 nitrogen and oxygen atoms in total. The summed E-state index contributed by atoms with van der Waals surface area (Å²) < 4.78 is 11.1. The van der Waals surface area contributed by atoms with E-state index in [9.17, 15) is 4.79 Å². The molecule has 1 N–H and O–H groups in total. The minimum atomic E-state index is -0.134. The van der Waals surface area contributed by atoms with Crippen molar-refractivity contribution in [2.24, 2.45) is 5.92 Å². The molecule has 0 aromatic heterocycles. The number of hydrogen-bond acceptors (Lipinski definition) is 3. The summed E-state index contributed by atoms with van der Waals surface area (Å²) in [4.78, 5) is 12.2. The molecule has 1 rings (SSSR count). The average Bonchev–Trinajstić information content (AvgIpc) is 2.38. The number of ether oxygens (including phenoxy) is 2. The number of benzene rings is 1. The van der Waals surface area contributed by atoms with Gasteiger partial charge in [-0.05, 0) is 40.9 Å². The van der Waals surface area contributed by atoms with Crippen molar-refractivity contribution in [1.82, 2.24) is 5.32 Å². The lowest BCUT2D eigenvalue weighted by molar-refractivity contribution is 0.0929. The Balaban J connectivity index is 3.03. The number of halogens is 1. The van der Waals surface area contributed by atoms with E-state index < -0.39 is 0 Å². The lowest BCUT2D eigenvalue weighted by Gasteiger charge is -2.18. The van der Waals surface area contributed by atoms with E-state index in [-0.39, 0.29) is 11.9 Å². The first-order chi connectivity index (χ1) is 8.90. The standard InChI is InChI=1S/C14H20BrNO3/c1-8(2)9(3)16-14(17)10-6-11(18-4)13(15)12(7-10)19-5/h6-9H,1-5H3,(H,16,17)/t9-/m1/s1. The molecule has 0 aliphatic carbocycles. The summed E-state index contributed by atoms with van der Waals surface area (Å²) in [6, 6.07) is 3.48. The van der Waals surface area contributed by atoms with Crippen molar-refractivity contribution >= 4 is 21.8 Å². The Morgan fingerprint density at radius 1 is 1.16 bits per heavy atom. The molecule has 0 spiro atoms. The molecule has 0 unspecified atom stereocenters. The molecular formula is C14H20BrNO3. The van der Waals surface area contributed by atoms with Gasteiger partial charge < -0.3 is 14.8 Å². The summed E-state index contributed by atoms with van der Waals surface area (Å²) in [5.74, 6) is 1.39. The van der Waals surface area contributed by atoms with Crippen molar-refractivity contribution in [2.75, 3.05) is 14.2 Å². The number of carbonyl (C=O) groups excluding carboxylic acids is 1. The van der Waals surface area contributed by atoms with Crippen molar-refractivity contribution in [2.45, 2.75) is 26.8 Å². The van der Waals surface area contributed by atoms with Gasteiger partial charge in [0.25, 0.3) is 5.91 Å². The second-order valence-electron chi connectivity index (χ2n) is 4.70. The molecule has 5 heteroatoms. The second-order valence-corrected chi connectivity index (χ2v) is 5.49. The van der Waals surface area contributed by atoms with Crippen molar-refractivity contribution in [3.8, 4) is 11.5 Å². The fraction of sp³-hybridized carbons (Fsp3) is 0.500. The molecule has 19 heavy (non-hydrogen) atoms. The molecular weight excluding hydrogens is 310 g/mol. The second kappa shape index (κ2) is 6.80. The Morgan fingerprint density at radius 2 is 1.63 bits per heavy atom. The maximum Gasteiger partial charge on any atom is 0.251 e. The maximum atomic E-state index is 12.2. The lowest BCUT2D eigenvalue weighted by atomic mass is 10.1. The molecule has 1 amide bonds. The summed E-state index contributed by atoms with van der Waals surface area (Å²) in [6.07, 6.45) is 0. The zero-order chi connectivity index (χ0) is 14.6. The van der Waals surface area contributed by atoms with Crippen molar-refractivity contribution < 1.29 is 14.3 Å². The van der Waals surface area contributed by atoms with Gasteiger partial charge in [-0.15, -0.1) is 0 Å². The van der Waals surface area contributed by atoms with Crippen LogP contribution in [0.4, 0.5) is 0 Å². The first-order valence-corrected chi connectivity index (χ1v) is 6.92. The van der Waals surface area contributed by atoms with E-state index in [2.05, 4.69) is 35.1 Å². The third-order valence-corrected chi connectivity index (χ3v) is 3.85. The summed E-state index contributed by atoms with van der Waals surface area (Å²) in [5, 5.41) is 2.95. The third-order valence-electron chi connectivity index (χ3n) is 3.07. The average molecular weight is 330 g/mol. The van der Waals surface area contributed by atoms with Gasteiger partial charge in [-0.25, -0.2) is 0 Å². The zero-order valence-electron chi connectivity index (χ0n) is 11.9. The summed E-state index contributed by atoms with van der Waals surface area (Å²) in [6.45, 7) is 6.11. The van der Waals surface area contributed by atoms with Crippen LogP contribution in [0.3, 0.4) is 0 Å². The van der Waals surface area contributed by atoms with Gasteiger partial charge in [0, 0.05) is 11.6 Å². The highest BCUT2D eigenvalue weighted by molar-refractivity contribution is 9.10. The number of hydrogen-bond donors (Lipinski definition) is 1. The van der Waals surface area contributed by atoms with Crippen molar-refractivity contribution in [1.29, 1.82) is 0 Å². The van der Waals surface area contributed by atoms with Crippen LogP contribution < -0.4 is 14.8 Å². The molecule has 0 fully saturated rings. The number of methoxy groups -OCH3 is 2. The van der Waals surface area contributed by atoms with E-state index in [1.54, 1.807) is 26.4 Å². The Morgan fingerprint density at radius 3 is 2.00 bits per heavy atom. The van der Waals surface area contributed by atoms with Crippen LogP contribution in [0.15, 0.2) is 16.6 Å². The van der Waals surface area contributed by atoms with Gasteiger partial charge in [-0.1, -0.05) is 13.8 Å². The fourth-order valence-electron chi connectivity index (χ4n) is 1.46. The minimum Gasteiger partial charge on any atom is -0.495 e. The van der Waals surface area contributed by atoms with Gasteiger partial charge in [0.1, 0.15) is 16.0 Å². The molecule has 0 aliphatic rings. The number of nitrogens with one attached hydrogen (secondary N) is 1. The van der Waals surface area contributed by atoms with E-state index >= 15 is 0 Å². The van der Waals surface area contributed by atoms with E-state index in [1.165, 1.54) is 0 Å². The first-order valence-electron chi connectivity index (χ1n) is 6.13. The van der Waals surface area contributed by atoms with Gasteiger partial charge >= 0.3 is 0 Å². The molecule has 1 aromatic carbocycles. The van der Waals surface area contributed by atoms with Crippen LogP contribution in [-0.2, 0) is 0 Å². The molecule has 0 bridgehead atoms. The number of amides is 1. The smallest absolute Gasteiger partial charge is 0.251 e. The van der Waals surface area contributed by atoms with Crippen LogP contribution in [0.1, 0.15) is 31.1 Å². The predicted molar refractivity (Wildman–Crippen MR) is 79.0 cm³/mol. The summed E-state index contributed by atoms with van der Waals surface area (Å²) in [5.41, 5.74) is 0.518. The van der Waals surface area contributed by atoms with Gasteiger partial charge in [-0.3, -0.25) is 4.79 Å². The Labute approximate surface area is 122 Å². The monoisotopic (exact) mass is 329 g/mol. The summed E-state index contributed by atoms with van der Waals surface area (Å²) >= 11 is 3.38. The van der Waals surface area contributed by atoms with Gasteiger partial charge in [0.15, 0.2) is 0 Å². The highest BCUT2D eigenvalue weighted by Crippen LogP contribution is 2.35. The van der Waals surface area contributed by atoms with Crippen molar-refractivity contribution in [3.05, 3.63) is 22.2 Å².